The Kier molecular flexibility index (Phi) is 7.21. The van der Waals surface area contributed by atoms with Crippen LogP contribution in [-0.4, -0.2) is 52.4 Å². The smallest absolute Gasteiger partial charge is 0.303 e. The largest absolute Gasteiger partial charge is 0.473 e. The van der Waals surface area contributed by atoms with Crippen molar-refractivity contribution in [3.8, 4) is 17.0 Å². The Hall–Kier alpha value is -3.01. The van der Waals surface area contributed by atoms with Crippen molar-refractivity contribution in [2.75, 3.05) is 5.75 Å². The van der Waals surface area contributed by atoms with Gasteiger partial charge in [-0.3, -0.25) is 19.4 Å². The number of nitrogens with zero attached hydrogens (tertiary/aromatic N) is 1. The molecule has 1 aliphatic heterocycles. The van der Waals surface area contributed by atoms with Gasteiger partial charge in [0.2, 0.25) is 0 Å². The Balaban J connectivity index is 1.95. The van der Waals surface area contributed by atoms with Crippen LogP contribution in [0.4, 0.5) is 0 Å². The van der Waals surface area contributed by atoms with Crippen LogP contribution >= 0.6 is 11.8 Å². The molecule has 2 aromatic rings. The first-order chi connectivity index (χ1) is 14.8. The summed E-state index contributed by atoms with van der Waals surface area (Å²) >= 11 is 1.28. The van der Waals surface area contributed by atoms with E-state index in [1.165, 1.54) is 38.8 Å². The van der Waals surface area contributed by atoms with Crippen LogP contribution in [0, 0.1) is 6.92 Å². The molecule has 3 rings (SSSR count). The van der Waals surface area contributed by atoms with E-state index in [0.29, 0.717) is 11.4 Å². The van der Waals surface area contributed by atoms with Crippen LogP contribution in [0.2, 0.25) is 0 Å². The molecule has 2 aromatic heterocycles. The van der Waals surface area contributed by atoms with Gasteiger partial charge in [0.15, 0.2) is 29.5 Å². The third-order valence-corrected chi connectivity index (χ3v) is 5.65. The molecule has 0 saturated carbocycles. The van der Waals surface area contributed by atoms with Crippen molar-refractivity contribution in [1.82, 2.24) is 4.98 Å². The first-order valence-corrected chi connectivity index (χ1v) is 10.6. The van der Waals surface area contributed by atoms with Gasteiger partial charge in [0.05, 0.1) is 12.5 Å². The molecule has 0 N–H and O–H groups in total. The molecule has 166 valence electrons. The number of carbonyl (C=O) groups excluding carboxylic acids is 3. The van der Waals surface area contributed by atoms with Crippen molar-refractivity contribution in [3.63, 3.8) is 0 Å². The molecule has 9 nitrogen and oxygen atoms in total. The molecule has 0 bridgehead atoms. The van der Waals surface area contributed by atoms with Gasteiger partial charge in [-0.2, -0.15) is 0 Å². The standard InChI is InChI=1S/C21H23NO8S/c1-11-5-7-22-17(15-6-8-26-9-15)18(11)30-21-20(29-14(4)25)19(28-13(3)24)16(10-31-21)27-12(2)23/h5-9,16,19-21H,10H2,1-4H3/t16-,19+,20-,21+/m1/s1. The SMILES string of the molecule is CC(=O)O[C@@H]1[C@@H](OC(C)=O)[C@@H](Oc2c(C)ccnc2-c2ccoc2)SC[C@H]1OC(C)=O. The normalized spacial score (nSPS) is 23.0. The fourth-order valence-corrected chi connectivity index (χ4v) is 4.43. The number of aryl methyl sites for hydroxylation is 1. The Labute approximate surface area is 183 Å². The van der Waals surface area contributed by atoms with E-state index in [1.807, 2.05) is 6.92 Å². The van der Waals surface area contributed by atoms with E-state index < -0.39 is 41.7 Å². The van der Waals surface area contributed by atoms with Gasteiger partial charge in [-0.1, -0.05) is 0 Å². The zero-order valence-electron chi connectivity index (χ0n) is 17.5. The quantitative estimate of drug-likeness (QED) is 0.482. The molecular weight excluding hydrogens is 426 g/mol. The van der Waals surface area contributed by atoms with Crippen molar-refractivity contribution >= 4 is 29.7 Å². The van der Waals surface area contributed by atoms with Gasteiger partial charge in [-0.15, -0.1) is 11.8 Å². The molecule has 1 aliphatic rings. The second-order valence-electron chi connectivity index (χ2n) is 6.93. The Morgan fingerprint density at radius 3 is 2.32 bits per heavy atom. The summed E-state index contributed by atoms with van der Waals surface area (Å²) in [6, 6.07) is 3.54. The highest BCUT2D eigenvalue weighted by Gasteiger charge is 2.48. The number of carbonyl (C=O) groups is 3. The van der Waals surface area contributed by atoms with E-state index in [4.69, 9.17) is 23.4 Å². The summed E-state index contributed by atoms with van der Waals surface area (Å²) in [6.07, 6.45) is 1.90. The van der Waals surface area contributed by atoms with Gasteiger partial charge in [-0.25, -0.2) is 0 Å². The number of furan rings is 1. The molecule has 0 unspecified atom stereocenters. The predicted octanol–water partition coefficient (Wildman–Crippen LogP) is 2.90. The second-order valence-corrected chi connectivity index (χ2v) is 8.06. The van der Waals surface area contributed by atoms with E-state index in [1.54, 1.807) is 24.6 Å². The number of pyridine rings is 1. The summed E-state index contributed by atoms with van der Waals surface area (Å²) in [5.41, 5.74) is 1.34. The maximum atomic E-state index is 11.8. The minimum Gasteiger partial charge on any atom is -0.473 e. The number of esters is 3. The fraction of sp³-hybridized carbons (Fsp3) is 0.429. The lowest BCUT2D eigenvalue weighted by molar-refractivity contribution is -0.186. The van der Waals surface area contributed by atoms with Gasteiger partial charge < -0.3 is 23.4 Å². The zero-order valence-corrected chi connectivity index (χ0v) is 18.3. The van der Waals surface area contributed by atoms with E-state index >= 15 is 0 Å². The van der Waals surface area contributed by atoms with Crippen molar-refractivity contribution < 1.29 is 37.7 Å². The van der Waals surface area contributed by atoms with Gasteiger partial charge in [0, 0.05) is 38.3 Å². The van der Waals surface area contributed by atoms with Crippen LogP contribution < -0.4 is 4.74 Å². The maximum absolute atomic E-state index is 11.8. The van der Waals surface area contributed by atoms with Gasteiger partial charge in [-0.05, 0) is 24.6 Å². The van der Waals surface area contributed by atoms with E-state index in [-0.39, 0.29) is 5.75 Å². The van der Waals surface area contributed by atoms with Gasteiger partial charge >= 0.3 is 17.9 Å². The second kappa shape index (κ2) is 9.86. The van der Waals surface area contributed by atoms with Crippen molar-refractivity contribution in [1.29, 1.82) is 0 Å². The third kappa shape index (κ3) is 5.57. The number of rotatable bonds is 6. The number of ether oxygens (including phenoxy) is 4. The average molecular weight is 449 g/mol. The van der Waals surface area contributed by atoms with Gasteiger partial charge in [0.25, 0.3) is 0 Å². The molecule has 0 radical (unpaired) electrons. The van der Waals surface area contributed by atoms with Crippen molar-refractivity contribution in [2.24, 2.45) is 0 Å². The summed E-state index contributed by atoms with van der Waals surface area (Å²) in [5, 5.41) is 0. The number of aromatic nitrogens is 1. The highest BCUT2D eigenvalue weighted by Crippen LogP contribution is 2.38. The van der Waals surface area contributed by atoms with Crippen LogP contribution in [0.5, 0.6) is 5.75 Å². The van der Waals surface area contributed by atoms with Crippen LogP contribution in [-0.2, 0) is 28.6 Å². The maximum Gasteiger partial charge on any atom is 0.303 e. The minimum absolute atomic E-state index is 0.278. The van der Waals surface area contributed by atoms with Crippen molar-refractivity contribution in [2.45, 2.75) is 51.4 Å². The lowest BCUT2D eigenvalue weighted by Crippen LogP contribution is -2.55. The first-order valence-electron chi connectivity index (χ1n) is 9.54. The molecule has 3 heterocycles. The topological polar surface area (TPSA) is 114 Å². The zero-order chi connectivity index (χ0) is 22.5. The van der Waals surface area contributed by atoms with E-state index in [2.05, 4.69) is 4.98 Å². The van der Waals surface area contributed by atoms with Crippen LogP contribution in [0.1, 0.15) is 26.3 Å². The first kappa shape index (κ1) is 22.7. The average Bonchev–Trinajstić information content (AvgIpc) is 3.21. The monoisotopic (exact) mass is 449 g/mol. The lowest BCUT2D eigenvalue weighted by atomic mass is 10.1. The predicted molar refractivity (Wildman–Crippen MR) is 110 cm³/mol. The van der Waals surface area contributed by atoms with E-state index in [0.717, 1.165) is 11.1 Å². The number of hydrogen-bond donors (Lipinski definition) is 0. The molecule has 4 atom stereocenters. The highest BCUT2D eigenvalue weighted by molar-refractivity contribution is 7.99. The summed E-state index contributed by atoms with van der Waals surface area (Å²) in [5.74, 6) is -0.958. The Morgan fingerprint density at radius 1 is 1.03 bits per heavy atom. The van der Waals surface area contributed by atoms with Crippen molar-refractivity contribution in [3.05, 3.63) is 36.4 Å². The molecular formula is C21H23NO8S. The summed E-state index contributed by atoms with van der Waals surface area (Å²) in [6.45, 7) is 5.60. The Morgan fingerprint density at radius 2 is 1.71 bits per heavy atom. The highest BCUT2D eigenvalue weighted by atomic mass is 32.2. The lowest BCUT2D eigenvalue weighted by Gasteiger charge is -2.40. The molecule has 31 heavy (non-hydrogen) atoms. The molecule has 0 aromatic carbocycles. The van der Waals surface area contributed by atoms with Crippen LogP contribution in [0.15, 0.2) is 35.3 Å². The Bertz CT molecular complexity index is 945. The molecule has 0 aliphatic carbocycles. The molecule has 0 amide bonds. The minimum atomic E-state index is -1.02. The third-order valence-electron chi connectivity index (χ3n) is 4.43. The molecule has 10 heteroatoms. The molecule has 1 fully saturated rings. The van der Waals surface area contributed by atoms with E-state index in [9.17, 15) is 14.4 Å². The molecule has 1 saturated heterocycles. The summed E-state index contributed by atoms with van der Waals surface area (Å²) in [4.78, 5) is 39.5. The number of thioether (sulfide) groups is 1. The molecule has 0 spiro atoms. The van der Waals surface area contributed by atoms with Crippen LogP contribution in [0.3, 0.4) is 0 Å². The van der Waals surface area contributed by atoms with Gasteiger partial charge in [0.1, 0.15) is 5.69 Å². The summed E-state index contributed by atoms with van der Waals surface area (Å²) in [7, 11) is 0. The number of hydrogen-bond acceptors (Lipinski definition) is 10. The summed E-state index contributed by atoms with van der Waals surface area (Å²) < 4.78 is 27.6. The van der Waals surface area contributed by atoms with Crippen LogP contribution in [0.25, 0.3) is 11.3 Å². The fourth-order valence-electron chi connectivity index (χ4n) is 3.22.